The van der Waals surface area contributed by atoms with E-state index in [1.807, 2.05) is 25.1 Å². The lowest BCUT2D eigenvalue weighted by Crippen LogP contribution is -2.48. The number of hydrogen-bond donors (Lipinski definition) is 3. The van der Waals surface area contributed by atoms with Crippen LogP contribution in [-0.4, -0.2) is 107 Å². The number of ether oxygens (including phenoxy) is 5. The Hall–Kier alpha value is -2.60. The first kappa shape index (κ1) is 38.6. The zero-order valence-electron chi connectivity index (χ0n) is 28.9. The number of nitrogens with one attached hydrogen (secondary N) is 2. The number of methoxy groups -OCH3 is 2. The fourth-order valence-electron chi connectivity index (χ4n) is 5.31. The average Bonchev–Trinajstić information content (AvgIpc) is 2.98. The number of benzene rings is 1. The smallest absolute Gasteiger partial charge is 0.407 e. The van der Waals surface area contributed by atoms with Crippen LogP contribution >= 0.6 is 0 Å². The normalized spacial score (nSPS) is 16.8. The lowest BCUT2D eigenvalue weighted by Gasteiger charge is -2.32. The van der Waals surface area contributed by atoms with Gasteiger partial charge >= 0.3 is 6.09 Å². The van der Waals surface area contributed by atoms with Crippen molar-refractivity contribution in [3.8, 4) is 11.5 Å². The first-order chi connectivity index (χ1) is 21.3. The first-order valence-corrected chi connectivity index (χ1v) is 16.4. The van der Waals surface area contributed by atoms with Crippen molar-refractivity contribution in [2.75, 3.05) is 66.8 Å². The van der Waals surface area contributed by atoms with Crippen molar-refractivity contribution < 1.29 is 38.4 Å². The Morgan fingerprint density at radius 2 is 1.76 bits per heavy atom. The van der Waals surface area contributed by atoms with E-state index in [1.165, 1.54) is 0 Å². The number of hydrogen-bond acceptors (Lipinski definition) is 9. The summed E-state index contributed by atoms with van der Waals surface area (Å²) in [5.41, 5.74) is 0.378. The molecular weight excluding hydrogens is 578 g/mol. The maximum atomic E-state index is 12.9. The van der Waals surface area contributed by atoms with E-state index in [0.717, 1.165) is 31.6 Å². The molecule has 2 amide bonds. The van der Waals surface area contributed by atoms with Crippen molar-refractivity contribution in [2.24, 2.45) is 17.8 Å². The van der Waals surface area contributed by atoms with Crippen LogP contribution in [0.1, 0.15) is 66.4 Å². The molecule has 1 aliphatic heterocycles. The van der Waals surface area contributed by atoms with Gasteiger partial charge in [-0.1, -0.05) is 26.8 Å². The summed E-state index contributed by atoms with van der Waals surface area (Å²) in [6.45, 7) is 17.0. The fourth-order valence-corrected chi connectivity index (χ4v) is 5.31. The maximum absolute atomic E-state index is 12.9. The first-order valence-electron chi connectivity index (χ1n) is 16.4. The number of carbonyl (C=O) groups excluding carboxylic acids is 2. The van der Waals surface area contributed by atoms with Gasteiger partial charge in [-0.05, 0) is 69.6 Å². The Morgan fingerprint density at radius 1 is 1.04 bits per heavy atom. The number of rotatable bonds is 19. The average molecular weight is 638 g/mol. The summed E-state index contributed by atoms with van der Waals surface area (Å²) in [5, 5.41) is 17.4. The van der Waals surface area contributed by atoms with Crippen LogP contribution in [0, 0.1) is 17.8 Å². The van der Waals surface area contributed by atoms with Crippen LogP contribution in [-0.2, 0) is 25.4 Å². The van der Waals surface area contributed by atoms with E-state index in [2.05, 4.69) is 29.4 Å². The van der Waals surface area contributed by atoms with Crippen LogP contribution in [0.2, 0.25) is 0 Å². The molecule has 258 valence electrons. The molecule has 0 radical (unpaired) electrons. The summed E-state index contributed by atoms with van der Waals surface area (Å²) in [6, 6.07) is 5.31. The van der Waals surface area contributed by atoms with Crippen LogP contribution in [0.5, 0.6) is 11.5 Å². The SMILES string of the molecule is COCCCOc1cc(CC(CC(NC(=O)OC(C)(C)C)C(O)CC(C)C(=O)NCCN2CCOCC2)C(C)C)ccc1OC. The Balaban J connectivity index is 2.12. The van der Waals surface area contributed by atoms with E-state index in [4.69, 9.17) is 23.7 Å². The second kappa shape index (κ2) is 19.8. The number of alkyl carbamates (subject to hydrolysis) is 1. The van der Waals surface area contributed by atoms with Gasteiger partial charge in [0.15, 0.2) is 11.5 Å². The van der Waals surface area contributed by atoms with Crippen LogP contribution < -0.4 is 20.1 Å². The van der Waals surface area contributed by atoms with Crippen molar-refractivity contribution in [1.82, 2.24) is 15.5 Å². The molecule has 0 aromatic heterocycles. The van der Waals surface area contributed by atoms with Gasteiger partial charge in [0.25, 0.3) is 0 Å². The number of nitrogens with zero attached hydrogens (tertiary/aromatic N) is 1. The third-order valence-electron chi connectivity index (χ3n) is 8.02. The van der Waals surface area contributed by atoms with Gasteiger partial charge in [-0.3, -0.25) is 9.69 Å². The van der Waals surface area contributed by atoms with Crippen LogP contribution in [0.15, 0.2) is 18.2 Å². The van der Waals surface area contributed by atoms with E-state index in [1.54, 1.807) is 35.0 Å². The molecule has 4 unspecified atom stereocenters. The van der Waals surface area contributed by atoms with Crippen molar-refractivity contribution in [1.29, 1.82) is 0 Å². The highest BCUT2D eigenvalue weighted by atomic mass is 16.6. The van der Waals surface area contributed by atoms with Gasteiger partial charge in [0.2, 0.25) is 5.91 Å². The maximum Gasteiger partial charge on any atom is 0.407 e. The molecule has 1 aromatic carbocycles. The van der Waals surface area contributed by atoms with Crippen molar-refractivity contribution in [3.63, 3.8) is 0 Å². The number of amides is 2. The molecule has 11 heteroatoms. The van der Waals surface area contributed by atoms with Gasteiger partial charge in [0, 0.05) is 52.2 Å². The van der Waals surface area contributed by atoms with E-state index in [0.29, 0.717) is 57.3 Å². The molecule has 3 N–H and O–H groups in total. The molecule has 0 spiro atoms. The highest BCUT2D eigenvalue weighted by Crippen LogP contribution is 2.32. The molecule has 45 heavy (non-hydrogen) atoms. The Labute approximate surface area is 270 Å². The van der Waals surface area contributed by atoms with Gasteiger partial charge in [0.1, 0.15) is 5.60 Å². The molecule has 1 fully saturated rings. The predicted molar refractivity (Wildman–Crippen MR) is 175 cm³/mol. The molecular formula is C34H59N3O8. The predicted octanol–water partition coefficient (Wildman–Crippen LogP) is 4.04. The molecule has 1 saturated heterocycles. The summed E-state index contributed by atoms with van der Waals surface area (Å²) < 4.78 is 27.6. The highest BCUT2D eigenvalue weighted by Gasteiger charge is 2.31. The lowest BCUT2D eigenvalue weighted by atomic mass is 9.82. The van der Waals surface area contributed by atoms with Crippen molar-refractivity contribution >= 4 is 12.0 Å². The highest BCUT2D eigenvalue weighted by molar-refractivity contribution is 5.78. The minimum atomic E-state index is -0.950. The van der Waals surface area contributed by atoms with Gasteiger partial charge in [-0.25, -0.2) is 4.79 Å². The largest absolute Gasteiger partial charge is 0.493 e. The molecule has 4 atom stereocenters. The number of carbonyl (C=O) groups is 2. The van der Waals surface area contributed by atoms with Crippen molar-refractivity contribution in [2.45, 2.75) is 85.0 Å². The van der Waals surface area contributed by atoms with Gasteiger partial charge in [0.05, 0.1) is 39.1 Å². The van der Waals surface area contributed by atoms with Crippen LogP contribution in [0.4, 0.5) is 4.79 Å². The van der Waals surface area contributed by atoms with Crippen LogP contribution in [0.25, 0.3) is 0 Å². The van der Waals surface area contributed by atoms with Gasteiger partial charge in [-0.2, -0.15) is 0 Å². The Bertz CT molecular complexity index is 1010. The third-order valence-corrected chi connectivity index (χ3v) is 8.02. The third kappa shape index (κ3) is 15.0. The summed E-state index contributed by atoms with van der Waals surface area (Å²) in [6.07, 6.45) is 0.629. The summed E-state index contributed by atoms with van der Waals surface area (Å²) in [7, 11) is 3.28. The second-order valence-corrected chi connectivity index (χ2v) is 13.3. The van der Waals surface area contributed by atoms with E-state index >= 15 is 0 Å². The topological polar surface area (TPSA) is 128 Å². The van der Waals surface area contributed by atoms with E-state index in [9.17, 15) is 14.7 Å². The zero-order chi connectivity index (χ0) is 33.4. The molecule has 2 rings (SSSR count). The molecule has 0 bridgehead atoms. The minimum absolute atomic E-state index is 0.104. The minimum Gasteiger partial charge on any atom is -0.493 e. The molecule has 1 heterocycles. The fraction of sp³-hybridized carbons (Fsp3) is 0.765. The van der Waals surface area contributed by atoms with E-state index < -0.39 is 29.8 Å². The lowest BCUT2D eigenvalue weighted by molar-refractivity contribution is -0.125. The molecule has 1 aromatic rings. The molecule has 0 aliphatic carbocycles. The standard InChI is InChI=1S/C34H59N3O8/c1-24(2)27(21-26-10-11-30(42-8)31(22-26)44-17-9-16-41-7)23-28(36-33(40)45-34(4,5)6)29(38)20-25(3)32(39)35-12-13-37-14-18-43-19-15-37/h10-11,22,24-25,27-29,38H,9,12-21,23H2,1-8H3,(H,35,39)(H,36,40). The number of aliphatic hydroxyl groups excluding tert-OH is 1. The Morgan fingerprint density at radius 3 is 2.38 bits per heavy atom. The summed E-state index contributed by atoms with van der Waals surface area (Å²) in [4.78, 5) is 28.1. The Kier molecular flexibility index (Phi) is 17.0. The van der Waals surface area contributed by atoms with Gasteiger partial charge < -0.3 is 39.4 Å². The number of morpholine rings is 1. The van der Waals surface area contributed by atoms with Gasteiger partial charge in [-0.15, -0.1) is 0 Å². The second-order valence-electron chi connectivity index (χ2n) is 13.3. The number of aliphatic hydroxyl groups is 1. The monoisotopic (exact) mass is 637 g/mol. The molecule has 11 nitrogen and oxygen atoms in total. The van der Waals surface area contributed by atoms with E-state index in [-0.39, 0.29) is 24.2 Å². The molecule has 0 saturated carbocycles. The molecule has 1 aliphatic rings. The summed E-state index contributed by atoms with van der Waals surface area (Å²) >= 11 is 0. The van der Waals surface area contributed by atoms with Crippen LogP contribution in [0.3, 0.4) is 0 Å². The zero-order valence-corrected chi connectivity index (χ0v) is 28.9. The quantitative estimate of drug-likeness (QED) is 0.193. The summed E-state index contributed by atoms with van der Waals surface area (Å²) in [5.74, 6) is 1.13. The van der Waals surface area contributed by atoms with Crippen molar-refractivity contribution in [3.05, 3.63) is 23.8 Å².